The summed E-state index contributed by atoms with van der Waals surface area (Å²) in [5.41, 5.74) is 0.894. The average Bonchev–Trinajstić information content (AvgIpc) is 2.87. The molecule has 0 saturated heterocycles. The van der Waals surface area contributed by atoms with E-state index in [1.807, 2.05) is 24.3 Å². The van der Waals surface area contributed by atoms with Crippen LogP contribution in [0.15, 0.2) is 24.3 Å². The third-order valence-corrected chi connectivity index (χ3v) is 2.67. The van der Waals surface area contributed by atoms with E-state index in [4.69, 9.17) is 4.74 Å². The maximum Gasteiger partial charge on any atom is 0.170 e. The van der Waals surface area contributed by atoms with Crippen molar-refractivity contribution in [3.63, 3.8) is 0 Å². The van der Waals surface area contributed by atoms with Crippen LogP contribution in [-0.4, -0.2) is 33.9 Å². The molecular weight excluding hydrogens is 242 g/mol. The summed E-state index contributed by atoms with van der Waals surface area (Å²) >= 11 is 0. The standard InChI is InChI=1S/C13H19N5O/c1-10(2)8-14-9-13-15-16-17-18(13)11-5-4-6-12(7-11)19-3/h4-7,10,14H,8-9H2,1-3H3. The van der Waals surface area contributed by atoms with E-state index in [1.165, 1.54) is 0 Å². The second kappa shape index (κ2) is 6.29. The predicted molar refractivity (Wildman–Crippen MR) is 72.3 cm³/mol. The van der Waals surface area contributed by atoms with Gasteiger partial charge in [0.15, 0.2) is 5.82 Å². The van der Waals surface area contributed by atoms with Crippen molar-refractivity contribution < 1.29 is 4.74 Å². The first-order chi connectivity index (χ1) is 9.20. The molecule has 0 aliphatic heterocycles. The van der Waals surface area contributed by atoms with E-state index in [9.17, 15) is 0 Å². The molecule has 0 radical (unpaired) electrons. The van der Waals surface area contributed by atoms with Gasteiger partial charge in [-0.25, -0.2) is 0 Å². The van der Waals surface area contributed by atoms with Crippen LogP contribution in [0.2, 0.25) is 0 Å². The molecule has 0 fully saturated rings. The van der Waals surface area contributed by atoms with E-state index < -0.39 is 0 Å². The van der Waals surface area contributed by atoms with Crippen molar-refractivity contribution in [1.29, 1.82) is 0 Å². The second-order valence-electron chi connectivity index (χ2n) is 4.73. The fraction of sp³-hybridized carbons (Fsp3) is 0.462. The van der Waals surface area contributed by atoms with Crippen molar-refractivity contribution in [2.24, 2.45) is 5.92 Å². The highest BCUT2D eigenvalue weighted by Gasteiger charge is 2.08. The maximum absolute atomic E-state index is 5.21. The number of nitrogens with one attached hydrogen (secondary N) is 1. The van der Waals surface area contributed by atoms with Gasteiger partial charge in [0.1, 0.15) is 5.75 Å². The monoisotopic (exact) mass is 261 g/mol. The highest BCUT2D eigenvalue weighted by atomic mass is 16.5. The van der Waals surface area contributed by atoms with E-state index >= 15 is 0 Å². The first kappa shape index (κ1) is 13.5. The molecule has 0 amide bonds. The second-order valence-corrected chi connectivity index (χ2v) is 4.73. The molecule has 6 nitrogen and oxygen atoms in total. The van der Waals surface area contributed by atoms with Gasteiger partial charge in [0.05, 0.1) is 19.3 Å². The molecule has 1 aromatic heterocycles. The summed E-state index contributed by atoms with van der Waals surface area (Å²) in [6.45, 7) is 5.91. The molecule has 102 valence electrons. The molecule has 6 heteroatoms. The molecule has 0 saturated carbocycles. The van der Waals surface area contributed by atoms with Crippen LogP contribution in [-0.2, 0) is 6.54 Å². The first-order valence-corrected chi connectivity index (χ1v) is 6.33. The number of tetrazole rings is 1. The molecule has 1 N–H and O–H groups in total. The lowest BCUT2D eigenvalue weighted by Gasteiger charge is -2.08. The Morgan fingerprint density at radius 2 is 2.21 bits per heavy atom. The highest BCUT2D eigenvalue weighted by Crippen LogP contribution is 2.16. The minimum absolute atomic E-state index is 0.598. The molecule has 0 aliphatic carbocycles. The molecule has 0 bridgehead atoms. The van der Waals surface area contributed by atoms with Crippen LogP contribution in [0.1, 0.15) is 19.7 Å². The number of hydrogen-bond donors (Lipinski definition) is 1. The number of nitrogens with zero attached hydrogens (tertiary/aromatic N) is 4. The Kier molecular flexibility index (Phi) is 4.46. The summed E-state index contributed by atoms with van der Waals surface area (Å²) in [7, 11) is 1.64. The summed E-state index contributed by atoms with van der Waals surface area (Å²) in [5, 5.41) is 15.1. The molecule has 1 heterocycles. The Hall–Kier alpha value is -1.95. The SMILES string of the molecule is COc1cccc(-n2nnnc2CNCC(C)C)c1. The normalized spacial score (nSPS) is 10.9. The highest BCUT2D eigenvalue weighted by molar-refractivity contribution is 5.38. The molecule has 0 spiro atoms. The van der Waals surface area contributed by atoms with E-state index in [-0.39, 0.29) is 0 Å². The fourth-order valence-electron chi connectivity index (χ4n) is 1.73. The third kappa shape index (κ3) is 3.51. The Balaban J connectivity index is 2.14. The van der Waals surface area contributed by atoms with E-state index in [2.05, 4.69) is 34.7 Å². The van der Waals surface area contributed by atoms with Crippen molar-refractivity contribution in [3.8, 4) is 11.4 Å². The minimum Gasteiger partial charge on any atom is -0.497 e. The zero-order valence-electron chi connectivity index (χ0n) is 11.5. The summed E-state index contributed by atoms with van der Waals surface area (Å²) in [5.74, 6) is 2.17. The van der Waals surface area contributed by atoms with Gasteiger partial charge in [-0.05, 0) is 35.0 Å². The van der Waals surface area contributed by atoms with Gasteiger partial charge in [-0.15, -0.1) is 5.10 Å². The Morgan fingerprint density at radius 1 is 1.37 bits per heavy atom. The average molecular weight is 261 g/mol. The molecule has 0 atom stereocenters. The number of rotatable bonds is 6. The smallest absolute Gasteiger partial charge is 0.170 e. The van der Waals surface area contributed by atoms with Gasteiger partial charge in [0.2, 0.25) is 0 Å². The Morgan fingerprint density at radius 3 is 2.95 bits per heavy atom. The van der Waals surface area contributed by atoms with Crippen LogP contribution in [0.3, 0.4) is 0 Å². The molecule has 2 aromatic rings. The number of benzene rings is 1. The fourth-order valence-corrected chi connectivity index (χ4v) is 1.73. The largest absolute Gasteiger partial charge is 0.497 e. The zero-order valence-corrected chi connectivity index (χ0v) is 11.5. The van der Waals surface area contributed by atoms with E-state index in [0.717, 1.165) is 23.8 Å². The lowest BCUT2D eigenvalue weighted by molar-refractivity contribution is 0.414. The van der Waals surface area contributed by atoms with E-state index in [1.54, 1.807) is 11.8 Å². The lowest BCUT2D eigenvalue weighted by atomic mass is 10.2. The van der Waals surface area contributed by atoms with Crippen molar-refractivity contribution in [2.75, 3.05) is 13.7 Å². The number of hydrogen-bond acceptors (Lipinski definition) is 5. The van der Waals surface area contributed by atoms with Gasteiger partial charge >= 0.3 is 0 Å². The van der Waals surface area contributed by atoms with Gasteiger partial charge < -0.3 is 10.1 Å². The molecule has 2 rings (SSSR count). The molecular formula is C13H19N5O. The minimum atomic E-state index is 0.598. The van der Waals surface area contributed by atoms with Crippen LogP contribution in [0, 0.1) is 5.92 Å². The summed E-state index contributed by atoms with van der Waals surface area (Å²) in [4.78, 5) is 0. The zero-order chi connectivity index (χ0) is 13.7. The lowest BCUT2D eigenvalue weighted by Crippen LogP contribution is -2.21. The topological polar surface area (TPSA) is 64.9 Å². The van der Waals surface area contributed by atoms with Crippen LogP contribution in [0.5, 0.6) is 5.75 Å². The van der Waals surface area contributed by atoms with Crippen molar-refractivity contribution in [1.82, 2.24) is 25.5 Å². The number of methoxy groups -OCH3 is 1. The van der Waals surface area contributed by atoms with Crippen molar-refractivity contribution in [3.05, 3.63) is 30.1 Å². The van der Waals surface area contributed by atoms with Gasteiger partial charge in [-0.1, -0.05) is 19.9 Å². The van der Waals surface area contributed by atoms with Gasteiger partial charge in [0.25, 0.3) is 0 Å². The van der Waals surface area contributed by atoms with Crippen molar-refractivity contribution >= 4 is 0 Å². The van der Waals surface area contributed by atoms with Gasteiger partial charge in [-0.3, -0.25) is 0 Å². The molecule has 0 aliphatic rings. The third-order valence-electron chi connectivity index (χ3n) is 2.67. The van der Waals surface area contributed by atoms with Crippen LogP contribution < -0.4 is 10.1 Å². The Bertz CT molecular complexity index is 523. The van der Waals surface area contributed by atoms with E-state index in [0.29, 0.717) is 12.5 Å². The first-order valence-electron chi connectivity index (χ1n) is 6.33. The van der Waals surface area contributed by atoms with Gasteiger partial charge in [-0.2, -0.15) is 4.68 Å². The van der Waals surface area contributed by atoms with Gasteiger partial charge in [0, 0.05) is 6.07 Å². The van der Waals surface area contributed by atoms with Crippen LogP contribution in [0.25, 0.3) is 5.69 Å². The molecule has 19 heavy (non-hydrogen) atoms. The summed E-state index contributed by atoms with van der Waals surface area (Å²) in [6.07, 6.45) is 0. The van der Waals surface area contributed by atoms with Crippen molar-refractivity contribution in [2.45, 2.75) is 20.4 Å². The quantitative estimate of drug-likeness (QED) is 0.852. The number of aromatic nitrogens is 4. The van der Waals surface area contributed by atoms with Crippen LogP contribution >= 0.6 is 0 Å². The summed E-state index contributed by atoms with van der Waals surface area (Å²) < 4.78 is 6.93. The maximum atomic E-state index is 5.21. The molecule has 1 aromatic carbocycles. The Labute approximate surface area is 112 Å². The molecule has 0 unspecified atom stereocenters. The summed E-state index contributed by atoms with van der Waals surface area (Å²) in [6, 6.07) is 7.67. The number of ether oxygens (including phenoxy) is 1. The van der Waals surface area contributed by atoms with Crippen LogP contribution in [0.4, 0.5) is 0 Å². The predicted octanol–water partition coefficient (Wildman–Crippen LogP) is 1.42.